The Hall–Kier alpha value is -3.44. The minimum Gasteiger partial charge on any atom is -0.459 e. The first-order chi connectivity index (χ1) is 23.5. The number of rotatable bonds is 8. The monoisotopic (exact) mass is 679 g/mol. The summed E-state index contributed by atoms with van der Waals surface area (Å²) in [6, 6.07) is 8.31. The van der Waals surface area contributed by atoms with Gasteiger partial charge in [0.05, 0.1) is 18.3 Å². The van der Waals surface area contributed by atoms with Crippen molar-refractivity contribution in [2.75, 3.05) is 20.8 Å². The Morgan fingerprint density at radius 2 is 1.67 bits per heavy atom. The van der Waals surface area contributed by atoms with E-state index in [1.54, 1.807) is 14.0 Å². The number of hydrogen-bond donors (Lipinski definition) is 1. The Balaban J connectivity index is 1.61. The predicted octanol–water partition coefficient (Wildman–Crippen LogP) is 4.78. The molecule has 2 aliphatic heterocycles. The summed E-state index contributed by atoms with van der Waals surface area (Å²) in [6.07, 6.45) is 7.21. The Kier molecular flexibility index (Phi) is 14.1. The van der Waals surface area contributed by atoms with E-state index < -0.39 is 66.1 Å². The second-order valence-electron chi connectivity index (χ2n) is 13.9. The number of aliphatic hydroxyl groups is 1. The number of esters is 1. The molecule has 0 bridgehead atoms. The SMILES string of the molecule is COC1C(=O)[C@@H](C)C[C@H](C)\C=C/C=C/C=C(\C)[C@H](OC)C1[C@@H]1CC(C)[C@@H](O)[C@H](C(=O)C(=O)N2CCCCC2C(=O)OCc2ccccc2)O1. The van der Waals surface area contributed by atoms with E-state index in [1.807, 2.05) is 68.5 Å². The standard InChI is InChI=1S/C39H53NO9/c1-24-15-9-7-10-16-25(2)35(46-5)31(36(47-6)32(41)26(3)21-24)30-22-27(4)33(42)37(49-30)34(43)38(44)40-20-14-13-19-29(40)39(45)48-23-28-17-11-8-12-18-28/h7-12,15-18,24,26-27,29-31,33,35-37,42H,13-14,19-23H2,1-6H3/b10-7+,15-9-,25-16+/t24-,26+,27?,29?,30+,31?,33-,35+,36?,37-/m1/s1. The number of ketones is 2. The first kappa shape index (κ1) is 38.4. The molecule has 3 aliphatic rings. The van der Waals surface area contributed by atoms with Crippen LogP contribution in [0.1, 0.15) is 65.4 Å². The molecule has 1 aliphatic carbocycles. The van der Waals surface area contributed by atoms with Crippen molar-refractivity contribution in [3.8, 4) is 0 Å². The summed E-state index contributed by atoms with van der Waals surface area (Å²) in [5, 5.41) is 11.3. The topological polar surface area (TPSA) is 129 Å². The van der Waals surface area contributed by atoms with Gasteiger partial charge in [0.1, 0.15) is 18.8 Å². The fraction of sp³-hybridized carbons (Fsp3) is 0.590. The molecule has 0 radical (unpaired) electrons. The average molecular weight is 680 g/mol. The van der Waals surface area contributed by atoms with Crippen LogP contribution in [0.3, 0.4) is 0 Å². The van der Waals surface area contributed by atoms with Gasteiger partial charge in [0, 0.05) is 32.6 Å². The lowest BCUT2D eigenvalue weighted by Gasteiger charge is -2.45. The summed E-state index contributed by atoms with van der Waals surface area (Å²) in [5.74, 6) is -3.88. The van der Waals surface area contributed by atoms with Crippen LogP contribution < -0.4 is 0 Å². The molecular weight excluding hydrogens is 626 g/mol. The van der Waals surface area contributed by atoms with Crippen molar-refractivity contribution < 1.29 is 43.2 Å². The zero-order chi connectivity index (χ0) is 35.7. The Morgan fingerprint density at radius 3 is 2.37 bits per heavy atom. The second-order valence-corrected chi connectivity index (χ2v) is 13.9. The van der Waals surface area contributed by atoms with Crippen LogP contribution >= 0.6 is 0 Å². The maximum Gasteiger partial charge on any atom is 0.329 e. The molecule has 2 saturated heterocycles. The van der Waals surface area contributed by atoms with Crippen molar-refractivity contribution in [2.45, 2.75) is 103 Å². The normalized spacial score (nSPS) is 35.4. The van der Waals surface area contributed by atoms with Gasteiger partial charge in [-0.3, -0.25) is 14.4 Å². The predicted molar refractivity (Wildman–Crippen MR) is 184 cm³/mol. The molecule has 10 nitrogen and oxygen atoms in total. The number of allylic oxidation sites excluding steroid dienone is 5. The highest BCUT2D eigenvalue weighted by molar-refractivity contribution is 6.38. The number of carbonyl (C=O) groups excluding carboxylic acids is 4. The molecule has 4 rings (SSSR count). The van der Waals surface area contributed by atoms with Gasteiger partial charge < -0.3 is 29.0 Å². The van der Waals surface area contributed by atoms with Gasteiger partial charge in [-0.15, -0.1) is 0 Å². The Morgan fingerprint density at radius 1 is 0.959 bits per heavy atom. The van der Waals surface area contributed by atoms with E-state index in [1.165, 1.54) is 12.0 Å². The van der Waals surface area contributed by atoms with Crippen LogP contribution in [0.25, 0.3) is 0 Å². The van der Waals surface area contributed by atoms with Crippen molar-refractivity contribution in [1.82, 2.24) is 4.90 Å². The molecule has 0 aromatic heterocycles. The molecule has 268 valence electrons. The highest BCUT2D eigenvalue weighted by atomic mass is 16.5. The number of hydrogen-bond acceptors (Lipinski definition) is 9. The van der Waals surface area contributed by atoms with Gasteiger partial charge in [-0.2, -0.15) is 0 Å². The van der Waals surface area contributed by atoms with Crippen LogP contribution in [0.4, 0.5) is 0 Å². The molecule has 1 N–H and O–H groups in total. The van der Waals surface area contributed by atoms with E-state index in [9.17, 15) is 24.3 Å². The molecular formula is C39H53NO9. The van der Waals surface area contributed by atoms with Crippen molar-refractivity contribution in [3.63, 3.8) is 0 Å². The van der Waals surface area contributed by atoms with Gasteiger partial charge in [-0.1, -0.05) is 81.5 Å². The Bertz CT molecular complexity index is 1390. The third-order valence-corrected chi connectivity index (χ3v) is 10.1. The fourth-order valence-electron chi connectivity index (χ4n) is 7.41. The third-order valence-electron chi connectivity index (χ3n) is 10.1. The molecule has 10 atom stereocenters. The van der Waals surface area contributed by atoms with E-state index in [4.69, 9.17) is 18.9 Å². The van der Waals surface area contributed by atoms with Gasteiger partial charge >= 0.3 is 5.97 Å². The number of methoxy groups -OCH3 is 2. The van der Waals surface area contributed by atoms with Gasteiger partial charge in [-0.25, -0.2) is 4.79 Å². The largest absolute Gasteiger partial charge is 0.459 e. The van der Waals surface area contributed by atoms with Crippen LogP contribution in [0.2, 0.25) is 0 Å². The number of aliphatic hydroxyl groups excluding tert-OH is 1. The number of carbonyl (C=O) groups is 4. The summed E-state index contributed by atoms with van der Waals surface area (Å²) in [4.78, 5) is 56.4. The van der Waals surface area contributed by atoms with Crippen LogP contribution in [-0.2, 0) is 44.7 Å². The highest BCUT2D eigenvalue weighted by Gasteiger charge is 2.51. The number of likely N-dealkylation sites (tertiary alicyclic amines) is 1. The highest BCUT2D eigenvalue weighted by Crippen LogP contribution is 2.38. The van der Waals surface area contributed by atoms with Crippen LogP contribution in [0.15, 0.2) is 66.3 Å². The number of piperidine rings is 1. The molecule has 10 heteroatoms. The molecule has 1 aromatic rings. The fourth-order valence-corrected chi connectivity index (χ4v) is 7.41. The number of benzene rings is 1. The Labute approximate surface area is 290 Å². The number of ether oxygens (including phenoxy) is 4. The van der Waals surface area contributed by atoms with Crippen LogP contribution in [0.5, 0.6) is 0 Å². The van der Waals surface area contributed by atoms with E-state index >= 15 is 0 Å². The maximum atomic E-state index is 14.0. The molecule has 4 unspecified atom stereocenters. The second kappa shape index (κ2) is 18.0. The molecule has 1 amide bonds. The molecule has 49 heavy (non-hydrogen) atoms. The zero-order valence-electron chi connectivity index (χ0n) is 29.7. The van der Waals surface area contributed by atoms with Crippen LogP contribution in [-0.4, -0.2) is 90.8 Å². The van der Waals surface area contributed by atoms with Crippen molar-refractivity contribution >= 4 is 23.4 Å². The van der Waals surface area contributed by atoms with E-state index in [-0.39, 0.29) is 30.8 Å². The van der Waals surface area contributed by atoms with Gasteiger partial charge in [0.2, 0.25) is 0 Å². The van der Waals surface area contributed by atoms with E-state index in [0.717, 1.165) is 11.1 Å². The first-order valence-corrected chi connectivity index (χ1v) is 17.5. The summed E-state index contributed by atoms with van der Waals surface area (Å²) in [5.41, 5.74) is 1.63. The lowest BCUT2D eigenvalue weighted by Crippen LogP contribution is -2.59. The lowest BCUT2D eigenvalue weighted by molar-refractivity contribution is -0.195. The smallest absolute Gasteiger partial charge is 0.329 e. The minimum atomic E-state index is -1.51. The van der Waals surface area contributed by atoms with Crippen LogP contribution in [0, 0.1) is 23.7 Å². The number of nitrogens with zero attached hydrogens (tertiary/aromatic N) is 1. The zero-order valence-corrected chi connectivity index (χ0v) is 29.7. The average Bonchev–Trinajstić information content (AvgIpc) is 3.11. The van der Waals surface area contributed by atoms with E-state index in [2.05, 4.69) is 13.0 Å². The summed E-state index contributed by atoms with van der Waals surface area (Å²) < 4.78 is 23.9. The molecule has 2 fully saturated rings. The minimum absolute atomic E-state index is 0.0505. The third kappa shape index (κ3) is 9.42. The van der Waals surface area contributed by atoms with E-state index in [0.29, 0.717) is 32.1 Å². The van der Waals surface area contributed by atoms with Crippen molar-refractivity contribution in [3.05, 3.63) is 71.8 Å². The quantitative estimate of drug-likeness (QED) is 0.305. The summed E-state index contributed by atoms with van der Waals surface area (Å²) >= 11 is 0. The van der Waals surface area contributed by atoms with Gasteiger partial charge in [0.15, 0.2) is 11.9 Å². The van der Waals surface area contributed by atoms with Gasteiger partial charge in [0.25, 0.3) is 11.7 Å². The number of Topliss-reactive ketones (excluding diaryl/α,β-unsaturated/α-hetero) is 2. The molecule has 1 aromatic carbocycles. The lowest BCUT2D eigenvalue weighted by atomic mass is 9.75. The maximum absolute atomic E-state index is 14.0. The summed E-state index contributed by atoms with van der Waals surface area (Å²) in [7, 11) is 3.04. The van der Waals surface area contributed by atoms with Crippen molar-refractivity contribution in [2.24, 2.45) is 23.7 Å². The summed E-state index contributed by atoms with van der Waals surface area (Å²) in [6.45, 7) is 7.89. The number of amides is 1. The molecule has 0 spiro atoms. The molecule has 2 heterocycles. The van der Waals surface area contributed by atoms with Crippen molar-refractivity contribution in [1.29, 1.82) is 0 Å². The first-order valence-electron chi connectivity index (χ1n) is 17.5. The van der Waals surface area contributed by atoms with Gasteiger partial charge in [-0.05, 0) is 62.0 Å². The molecule has 0 saturated carbocycles.